The fourth-order valence-corrected chi connectivity index (χ4v) is 2.95. The minimum absolute atomic E-state index is 0.00728. The number of nitrogens with zero attached hydrogens (tertiary/aromatic N) is 3. The Kier molecular flexibility index (Phi) is 3.81. The Morgan fingerprint density at radius 3 is 2.65 bits per heavy atom. The number of nitriles is 1. The van der Waals surface area contributed by atoms with Gasteiger partial charge in [-0.15, -0.1) is 0 Å². The summed E-state index contributed by atoms with van der Waals surface area (Å²) in [4.78, 5) is 0. The van der Waals surface area contributed by atoms with E-state index < -0.39 is 15.4 Å². The standard InChI is InChI=1S/C9H13ClN4O2S/c1-9(2,5-11)6-13-17(15,16)8-7(10)4-12-14(8)3/h4,13H,6H2,1-3H3. The van der Waals surface area contributed by atoms with Crippen LogP contribution >= 0.6 is 11.6 Å². The molecular formula is C9H13ClN4O2S. The van der Waals surface area contributed by atoms with Crippen molar-refractivity contribution in [2.24, 2.45) is 12.5 Å². The Bertz CT molecular complexity index is 537. The molecule has 0 aliphatic rings. The van der Waals surface area contributed by atoms with Gasteiger partial charge < -0.3 is 0 Å². The Balaban J connectivity index is 2.96. The van der Waals surface area contributed by atoms with Gasteiger partial charge in [0.15, 0.2) is 5.03 Å². The number of aromatic nitrogens is 2. The van der Waals surface area contributed by atoms with Crippen LogP contribution in [-0.4, -0.2) is 24.7 Å². The Labute approximate surface area is 105 Å². The van der Waals surface area contributed by atoms with Gasteiger partial charge in [-0.1, -0.05) is 11.6 Å². The number of halogens is 1. The number of rotatable bonds is 4. The number of aryl methyl sites for hydroxylation is 1. The number of hydrogen-bond acceptors (Lipinski definition) is 4. The van der Waals surface area contributed by atoms with E-state index in [0.29, 0.717) is 0 Å². The molecule has 1 rings (SSSR count). The molecule has 0 amide bonds. The summed E-state index contributed by atoms with van der Waals surface area (Å²) in [6, 6.07) is 2.01. The molecule has 8 heteroatoms. The minimum Gasteiger partial charge on any atom is -0.255 e. The molecule has 1 heterocycles. The van der Waals surface area contributed by atoms with Crippen molar-refractivity contribution in [1.29, 1.82) is 5.26 Å². The largest absolute Gasteiger partial charge is 0.259 e. The zero-order valence-electron chi connectivity index (χ0n) is 9.73. The van der Waals surface area contributed by atoms with Crippen molar-refractivity contribution in [2.45, 2.75) is 18.9 Å². The van der Waals surface area contributed by atoms with Gasteiger partial charge in [-0.2, -0.15) is 10.4 Å². The molecule has 0 saturated carbocycles. The van der Waals surface area contributed by atoms with E-state index in [0.717, 1.165) is 0 Å². The lowest BCUT2D eigenvalue weighted by Gasteiger charge is -2.16. The van der Waals surface area contributed by atoms with Gasteiger partial charge >= 0.3 is 0 Å². The SMILES string of the molecule is Cn1ncc(Cl)c1S(=O)(=O)NCC(C)(C)C#N. The summed E-state index contributed by atoms with van der Waals surface area (Å²) in [5.41, 5.74) is -0.780. The molecule has 0 bridgehead atoms. The fraction of sp³-hybridized carbons (Fsp3) is 0.556. The first-order valence-corrected chi connectivity index (χ1v) is 6.64. The lowest BCUT2D eigenvalue weighted by atomic mass is 9.97. The van der Waals surface area contributed by atoms with Crippen LogP contribution in [0.15, 0.2) is 11.2 Å². The average Bonchev–Trinajstić information content (AvgIpc) is 2.57. The molecule has 1 aromatic rings. The first-order chi connectivity index (χ1) is 7.69. The highest BCUT2D eigenvalue weighted by Crippen LogP contribution is 2.20. The predicted molar refractivity (Wildman–Crippen MR) is 62.8 cm³/mol. The maximum atomic E-state index is 11.9. The quantitative estimate of drug-likeness (QED) is 0.885. The van der Waals surface area contributed by atoms with E-state index in [-0.39, 0.29) is 16.6 Å². The minimum atomic E-state index is -3.75. The predicted octanol–water partition coefficient (Wildman–Crippen LogP) is 0.902. The maximum absolute atomic E-state index is 11.9. The zero-order chi connectivity index (χ0) is 13.3. The fourth-order valence-electron chi connectivity index (χ4n) is 1.09. The summed E-state index contributed by atoms with van der Waals surface area (Å²) >= 11 is 5.75. The van der Waals surface area contributed by atoms with Crippen LogP contribution in [0.25, 0.3) is 0 Å². The van der Waals surface area contributed by atoms with Crippen molar-refractivity contribution in [2.75, 3.05) is 6.54 Å². The number of sulfonamides is 1. The summed E-state index contributed by atoms with van der Waals surface area (Å²) < 4.78 is 27.4. The van der Waals surface area contributed by atoms with Gasteiger partial charge in [0.05, 0.1) is 22.7 Å². The molecule has 6 nitrogen and oxygen atoms in total. The summed E-state index contributed by atoms with van der Waals surface area (Å²) in [5.74, 6) is 0. The molecule has 0 aliphatic heterocycles. The van der Waals surface area contributed by atoms with Crippen LogP contribution in [-0.2, 0) is 17.1 Å². The molecule has 17 heavy (non-hydrogen) atoms. The van der Waals surface area contributed by atoms with Crippen LogP contribution in [0.1, 0.15) is 13.8 Å². The lowest BCUT2D eigenvalue weighted by Crippen LogP contribution is -2.34. The van der Waals surface area contributed by atoms with Crippen LogP contribution in [0.5, 0.6) is 0 Å². The van der Waals surface area contributed by atoms with Crippen molar-refractivity contribution < 1.29 is 8.42 Å². The zero-order valence-corrected chi connectivity index (χ0v) is 11.3. The third-order valence-corrected chi connectivity index (χ3v) is 4.01. The maximum Gasteiger partial charge on any atom is 0.259 e. The molecular weight excluding hydrogens is 264 g/mol. The van der Waals surface area contributed by atoms with Gasteiger partial charge in [0, 0.05) is 13.6 Å². The molecule has 0 atom stereocenters. The highest BCUT2D eigenvalue weighted by atomic mass is 35.5. The van der Waals surface area contributed by atoms with Crippen molar-refractivity contribution in [3.63, 3.8) is 0 Å². The summed E-state index contributed by atoms with van der Waals surface area (Å²) in [6.45, 7) is 3.29. The third-order valence-electron chi connectivity index (χ3n) is 2.10. The van der Waals surface area contributed by atoms with E-state index in [4.69, 9.17) is 16.9 Å². The van der Waals surface area contributed by atoms with Crippen LogP contribution in [0.3, 0.4) is 0 Å². The third kappa shape index (κ3) is 3.19. The summed E-state index contributed by atoms with van der Waals surface area (Å²) in [6.07, 6.45) is 1.26. The monoisotopic (exact) mass is 276 g/mol. The lowest BCUT2D eigenvalue weighted by molar-refractivity contribution is 0.475. The first kappa shape index (κ1) is 14.0. The van der Waals surface area contributed by atoms with Gasteiger partial charge in [0.25, 0.3) is 10.0 Å². The molecule has 0 fully saturated rings. The van der Waals surface area contributed by atoms with E-state index in [9.17, 15) is 8.42 Å². The van der Waals surface area contributed by atoms with Crippen LogP contribution in [0.4, 0.5) is 0 Å². The van der Waals surface area contributed by atoms with Gasteiger partial charge in [0.2, 0.25) is 0 Å². The number of nitrogens with one attached hydrogen (secondary N) is 1. The van der Waals surface area contributed by atoms with Crippen molar-refractivity contribution in [3.05, 3.63) is 11.2 Å². The van der Waals surface area contributed by atoms with E-state index in [1.54, 1.807) is 13.8 Å². The second kappa shape index (κ2) is 4.64. The topological polar surface area (TPSA) is 87.8 Å². The van der Waals surface area contributed by atoms with Crippen molar-refractivity contribution >= 4 is 21.6 Å². The molecule has 94 valence electrons. The van der Waals surface area contributed by atoms with E-state index in [1.165, 1.54) is 17.9 Å². The Morgan fingerprint density at radius 1 is 1.65 bits per heavy atom. The van der Waals surface area contributed by atoms with Gasteiger partial charge in [-0.25, -0.2) is 13.1 Å². The summed E-state index contributed by atoms with van der Waals surface area (Å²) in [5, 5.41) is 12.5. The van der Waals surface area contributed by atoms with Crippen LogP contribution in [0.2, 0.25) is 5.02 Å². The molecule has 1 N–H and O–H groups in total. The Morgan fingerprint density at radius 2 is 2.24 bits per heavy atom. The summed E-state index contributed by atoms with van der Waals surface area (Å²) in [7, 11) is -2.27. The van der Waals surface area contributed by atoms with E-state index in [1.807, 2.05) is 6.07 Å². The molecule has 0 radical (unpaired) electrons. The molecule has 0 saturated heterocycles. The Hall–Kier alpha value is -1.10. The highest BCUT2D eigenvalue weighted by Gasteiger charge is 2.26. The molecule has 0 aromatic carbocycles. The van der Waals surface area contributed by atoms with Gasteiger partial charge in [-0.3, -0.25) is 4.68 Å². The molecule has 1 aromatic heterocycles. The first-order valence-electron chi connectivity index (χ1n) is 4.78. The number of hydrogen-bond donors (Lipinski definition) is 1. The second-order valence-electron chi connectivity index (χ2n) is 4.24. The van der Waals surface area contributed by atoms with E-state index >= 15 is 0 Å². The normalized spacial score (nSPS) is 12.4. The van der Waals surface area contributed by atoms with E-state index in [2.05, 4.69) is 9.82 Å². The van der Waals surface area contributed by atoms with Gasteiger partial charge in [-0.05, 0) is 13.8 Å². The van der Waals surface area contributed by atoms with Crippen molar-refractivity contribution in [1.82, 2.24) is 14.5 Å². The van der Waals surface area contributed by atoms with Crippen LogP contribution in [0, 0.1) is 16.7 Å². The second-order valence-corrected chi connectivity index (χ2v) is 6.33. The molecule has 0 spiro atoms. The smallest absolute Gasteiger partial charge is 0.255 e. The van der Waals surface area contributed by atoms with Crippen molar-refractivity contribution in [3.8, 4) is 6.07 Å². The molecule has 0 aliphatic carbocycles. The molecule has 0 unspecified atom stereocenters. The van der Waals surface area contributed by atoms with Gasteiger partial charge in [0.1, 0.15) is 0 Å². The highest BCUT2D eigenvalue weighted by molar-refractivity contribution is 7.89. The average molecular weight is 277 g/mol. The van der Waals surface area contributed by atoms with Crippen LogP contribution < -0.4 is 4.72 Å².